The summed E-state index contributed by atoms with van der Waals surface area (Å²) in [6.07, 6.45) is 6.83. The van der Waals surface area contributed by atoms with E-state index in [1.165, 1.54) is 37.0 Å². The first kappa shape index (κ1) is 15.9. The molecule has 1 heterocycles. The van der Waals surface area contributed by atoms with Crippen LogP contribution < -0.4 is 5.32 Å². The molecule has 1 saturated heterocycles. The van der Waals surface area contributed by atoms with Gasteiger partial charge in [0.05, 0.1) is 6.10 Å². The summed E-state index contributed by atoms with van der Waals surface area (Å²) in [6, 6.07) is 11.3. The van der Waals surface area contributed by atoms with Crippen LogP contribution in [0, 0.1) is 0 Å². The molecule has 20 heavy (non-hydrogen) atoms. The monoisotopic (exact) mass is 293 g/mol. The third kappa shape index (κ3) is 5.86. The van der Waals surface area contributed by atoms with Gasteiger partial charge < -0.3 is 10.1 Å². The highest BCUT2D eigenvalue weighted by atomic mass is 32.2. The van der Waals surface area contributed by atoms with Crippen molar-refractivity contribution in [2.75, 3.05) is 18.9 Å². The molecular weight excluding hydrogens is 266 g/mol. The minimum Gasteiger partial charge on any atom is -0.378 e. The molecule has 1 fully saturated rings. The van der Waals surface area contributed by atoms with E-state index in [2.05, 4.69) is 42.6 Å². The molecule has 0 aromatic heterocycles. The number of hydrogen-bond acceptors (Lipinski definition) is 3. The van der Waals surface area contributed by atoms with Crippen molar-refractivity contribution in [1.82, 2.24) is 5.32 Å². The maximum absolute atomic E-state index is 5.70. The molecule has 0 amide bonds. The lowest BCUT2D eigenvalue weighted by Gasteiger charge is -2.18. The number of hydrogen-bond donors (Lipinski definition) is 1. The van der Waals surface area contributed by atoms with Crippen LogP contribution >= 0.6 is 11.8 Å². The van der Waals surface area contributed by atoms with Crippen LogP contribution in [0.2, 0.25) is 0 Å². The molecule has 1 aliphatic rings. The molecule has 0 saturated carbocycles. The smallest absolute Gasteiger partial charge is 0.0576 e. The van der Waals surface area contributed by atoms with E-state index in [-0.39, 0.29) is 0 Å². The molecule has 1 N–H and O–H groups in total. The Kier molecular flexibility index (Phi) is 7.48. The lowest BCUT2D eigenvalue weighted by molar-refractivity contribution is 0.101. The van der Waals surface area contributed by atoms with Gasteiger partial charge in [-0.05, 0) is 50.8 Å². The summed E-state index contributed by atoms with van der Waals surface area (Å²) in [5, 5.41) is 3.62. The van der Waals surface area contributed by atoms with Crippen molar-refractivity contribution < 1.29 is 4.74 Å². The summed E-state index contributed by atoms with van der Waals surface area (Å²) < 4.78 is 5.70. The van der Waals surface area contributed by atoms with E-state index >= 15 is 0 Å². The van der Waals surface area contributed by atoms with E-state index in [9.17, 15) is 0 Å². The maximum Gasteiger partial charge on any atom is 0.0576 e. The van der Waals surface area contributed by atoms with E-state index in [0.29, 0.717) is 12.1 Å². The molecule has 2 atom stereocenters. The van der Waals surface area contributed by atoms with Crippen molar-refractivity contribution in [3.63, 3.8) is 0 Å². The van der Waals surface area contributed by atoms with Crippen LogP contribution in [0.5, 0.6) is 0 Å². The van der Waals surface area contributed by atoms with Gasteiger partial charge in [0.1, 0.15) is 0 Å². The molecule has 2 unspecified atom stereocenters. The lowest BCUT2D eigenvalue weighted by atomic mass is 10.1. The van der Waals surface area contributed by atoms with Crippen LogP contribution in [-0.2, 0) is 4.74 Å². The highest BCUT2D eigenvalue weighted by Gasteiger charge is 2.16. The topological polar surface area (TPSA) is 21.3 Å². The van der Waals surface area contributed by atoms with E-state index in [4.69, 9.17) is 4.74 Å². The lowest BCUT2D eigenvalue weighted by Crippen LogP contribution is -2.31. The summed E-state index contributed by atoms with van der Waals surface area (Å²) >= 11 is 1.96. The summed E-state index contributed by atoms with van der Waals surface area (Å²) in [5.74, 6) is 1.16. The number of nitrogens with one attached hydrogen (secondary N) is 1. The standard InChI is InChI=1S/C17H27NOS/c1-2-18-15(8-6-9-16-10-7-13-19-16)14-20-17-11-4-3-5-12-17/h3-5,11-12,15-16,18H,2,6-10,13-14H2,1H3. The Morgan fingerprint density at radius 3 is 2.90 bits per heavy atom. The van der Waals surface area contributed by atoms with Crippen LogP contribution in [0.4, 0.5) is 0 Å². The zero-order valence-corrected chi connectivity index (χ0v) is 13.3. The Balaban J connectivity index is 1.66. The number of thioether (sulfide) groups is 1. The summed E-state index contributed by atoms with van der Waals surface area (Å²) in [4.78, 5) is 1.37. The predicted molar refractivity (Wildman–Crippen MR) is 87.5 cm³/mol. The maximum atomic E-state index is 5.70. The van der Waals surface area contributed by atoms with Crippen molar-refractivity contribution in [3.05, 3.63) is 30.3 Å². The van der Waals surface area contributed by atoms with Gasteiger partial charge in [0, 0.05) is 23.3 Å². The minimum atomic E-state index is 0.541. The summed E-state index contributed by atoms with van der Waals surface area (Å²) in [7, 11) is 0. The Morgan fingerprint density at radius 2 is 2.20 bits per heavy atom. The van der Waals surface area contributed by atoms with E-state index in [1.54, 1.807) is 0 Å². The molecule has 2 rings (SSSR count). The Morgan fingerprint density at radius 1 is 1.35 bits per heavy atom. The predicted octanol–water partition coefficient (Wildman–Crippen LogP) is 4.11. The highest BCUT2D eigenvalue weighted by molar-refractivity contribution is 7.99. The van der Waals surface area contributed by atoms with Crippen molar-refractivity contribution >= 4 is 11.8 Å². The first-order valence-corrected chi connectivity index (χ1v) is 8.90. The Bertz CT molecular complexity index is 351. The number of benzene rings is 1. The second-order valence-electron chi connectivity index (χ2n) is 5.44. The molecule has 112 valence electrons. The Hall–Kier alpha value is -0.510. The molecule has 0 aliphatic carbocycles. The van der Waals surface area contributed by atoms with Gasteiger partial charge >= 0.3 is 0 Å². The molecule has 1 aromatic rings. The fourth-order valence-corrected chi connectivity index (χ4v) is 3.74. The molecule has 1 aromatic carbocycles. The van der Waals surface area contributed by atoms with Gasteiger partial charge in [0.2, 0.25) is 0 Å². The van der Waals surface area contributed by atoms with Crippen molar-refractivity contribution in [2.24, 2.45) is 0 Å². The van der Waals surface area contributed by atoms with Crippen LogP contribution in [0.25, 0.3) is 0 Å². The molecule has 1 aliphatic heterocycles. The van der Waals surface area contributed by atoms with Gasteiger partial charge in [-0.1, -0.05) is 25.1 Å². The fraction of sp³-hybridized carbons (Fsp3) is 0.647. The fourth-order valence-electron chi connectivity index (χ4n) is 2.71. The average Bonchev–Trinajstić information content (AvgIpc) is 2.99. The second kappa shape index (κ2) is 9.43. The van der Waals surface area contributed by atoms with Gasteiger partial charge in [-0.3, -0.25) is 0 Å². The molecular formula is C17H27NOS. The normalized spacial score (nSPS) is 20.1. The average molecular weight is 293 g/mol. The molecule has 3 heteroatoms. The van der Waals surface area contributed by atoms with Crippen molar-refractivity contribution in [1.29, 1.82) is 0 Å². The van der Waals surface area contributed by atoms with Crippen LogP contribution in [0.1, 0.15) is 39.0 Å². The zero-order valence-electron chi connectivity index (χ0n) is 12.5. The van der Waals surface area contributed by atoms with Gasteiger partial charge in [-0.2, -0.15) is 0 Å². The van der Waals surface area contributed by atoms with Gasteiger partial charge in [0.25, 0.3) is 0 Å². The number of ether oxygens (including phenoxy) is 1. The molecule has 0 radical (unpaired) electrons. The molecule has 0 spiro atoms. The summed E-state index contributed by atoms with van der Waals surface area (Å²) in [5.41, 5.74) is 0. The first-order valence-electron chi connectivity index (χ1n) is 7.91. The van der Waals surface area contributed by atoms with Crippen molar-refractivity contribution in [2.45, 2.75) is 56.1 Å². The van der Waals surface area contributed by atoms with Crippen molar-refractivity contribution in [3.8, 4) is 0 Å². The van der Waals surface area contributed by atoms with Crippen LogP contribution in [0.3, 0.4) is 0 Å². The van der Waals surface area contributed by atoms with E-state index < -0.39 is 0 Å². The van der Waals surface area contributed by atoms with Gasteiger partial charge in [0.15, 0.2) is 0 Å². The van der Waals surface area contributed by atoms with Gasteiger partial charge in [-0.15, -0.1) is 11.8 Å². The van der Waals surface area contributed by atoms with Crippen LogP contribution in [-0.4, -0.2) is 31.1 Å². The SMILES string of the molecule is CCNC(CCCC1CCCO1)CSc1ccccc1. The first-order chi connectivity index (χ1) is 9.88. The second-order valence-corrected chi connectivity index (χ2v) is 6.54. The quantitative estimate of drug-likeness (QED) is 0.692. The summed E-state index contributed by atoms with van der Waals surface area (Å²) in [6.45, 7) is 4.23. The Labute approximate surface area is 127 Å². The number of rotatable bonds is 9. The highest BCUT2D eigenvalue weighted by Crippen LogP contribution is 2.21. The van der Waals surface area contributed by atoms with Crippen LogP contribution in [0.15, 0.2) is 35.2 Å². The minimum absolute atomic E-state index is 0.541. The third-order valence-corrected chi connectivity index (χ3v) is 4.96. The zero-order chi connectivity index (χ0) is 14.0. The van der Waals surface area contributed by atoms with E-state index in [0.717, 1.165) is 18.9 Å². The largest absolute Gasteiger partial charge is 0.378 e. The van der Waals surface area contributed by atoms with Gasteiger partial charge in [-0.25, -0.2) is 0 Å². The van der Waals surface area contributed by atoms with E-state index in [1.807, 2.05) is 11.8 Å². The third-order valence-electron chi connectivity index (χ3n) is 3.79. The molecule has 2 nitrogen and oxygen atoms in total. The molecule has 0 bridgehead atoms.